The summed E-state index contributed by atoms with van der Waals surface area (Å²) >= 11 is 3.35. The molecule has 3 N–H and O–H groups in total. The van der Waals surface area contributed by atoms with Crippen molar-refractivity contribution in [3.05, 3.63) is 16.7 Å². The van der Waals surface area contributed by atoms with Crippen LogP contribution in [-0.4, -0.2) is 11.5 Å². The van der Waals surface area contributed by atoms with Crippen molar-refractivity contribution in [1.29, 1.82) is 0 Å². The summed E-state index contributed by atoms with van der Waals surface area (Å²) < 4.78 is 0.924. The van der Waals surface area contributed by atoms with E-state index in [1.54, 1.807) is 6.20 Å². The molecule has 0 radical (unpaired) electrons. The van der Waals surface area contributed by atoms with Crippen LogP contribution in [0, 0.1) is 5.92 Å². The van der Waals surface area contributed by atoms with Gasteiger partial charge in [0.1, 0.15) is 5.82 Å². The summed E-state index contributed by atoms with van der Waals surface area (Å²) in [6, 6.07) is 1.89. The van der Waals surface area contributed by atoms with Crippen LogP contribution < -0.4 is 11.1 Å². The summed E-state index contributed by atoms with van der Waals surface area (Å²) in [5, 5.41) is 3.35. The fourth-order valence-corrected chi connectivity index (χ4v) is 2.58. The fourth-order valence-electron chi connectivity index (χ4n) is 2.23. The zero-order valence-electron chi connectivity index (χ0n) is 9.38. The summed E-state index contributed by atoms with van der Waals surface area (Å²) in [5.74, 6) is 1.60. The van der Waals surface area contributed by atoms with E-state index in [-0.39, 0.29) is 0 Å². The molecule has 2 rings (SSSR count). The Morgan fingerprint density at radius 1 is 1.38 bits per heavy atom. The monoisotopic (exact) mass is 283 g/mol. The number of hydrogen-bond donors (Lipinski definition) is 2. The molecular weight excluding hydrogens is 266 g/mol. The molecule has 0 amide bonds. The highest BCUT2D eigenvalue weighted by Gasteiger charge is 2.13. The minimum absolute atomic E-state index is 0.713. The maximum Gasteiger partial charge on any atom is 0.149 e. The molecule has 1 saturated carbocycles. The SMILES string of the molecule is Nc1cc(Br)cnc1NCC1CCCCC1. The molecule has 1 aromatic heterocycles. The highest BCUT2D eigenvalue weighted by atomic mass is 79.9. The maximum atomic E-state index is 5.88. The van der Waals surface area contributed by atoms with Gasteiger partial charge in [-0.25, -0.2) is 4.98 Å². The Balaban J connectivity index is 1.88. The number of pyridine rings is 1. The molecule has 1 aliphatic carbocycles. The minimum atomic E-state index is 0.713. The van der Waals surface area contributed by atoms with E-state index in [0.717, 1.165) is 22.8 Å². The lowest BCUT2D eigenvalue weighted by atomic mass is 9.89. The van der Waals surface area contributed by atoms with Gasteiger partial charge in [0.25, 0.3) is 0 Å². The third kappa shape index (κ3) is 3.11. The molecule has 88 valence electrons. The molecule has 1 heterocycles. The number of rotatable bonds is 3. The van der Waals surface area contributed by atoms with Crippen molar-refractivity contribution in [2.75, 3.05) is 17.6 Å². The summed E-state index contributed by atoms with van der Waals surface area (Å²) in [6.07, 6.45) is 8.59. The number of aromatic nitrogens is 1. The minimum Gasteiger partial charge on any atom is -0.396 e. The quantitative estimate of drug-likeness (QED) is 0.894. The third-order valence-corrected chi connectivity index (χ3v) is 3.60. The van der Waals surface area contributed by atoms with Crippen LogP contribution in [0.5, 0.6) is 0 Å². The maximum absolute atomic E-state index is 5.88. The first-order valence-electron chi connectivity index (χ1n) is 5.90. The summed E-state index contributed by atoms with van der Waals surface area (Å²) in [6.45, 7) is 0.999. The van der Waals surface area contributed by atoms with E-state index in [4.69, 9.17) is 5.73 Å². The molecule has 4 heteroatoms. The number of nitrogens with zero attached hydrogens (tertiary/aromatic N) is 1. The Labute approximate surface area is 105 Å². The molecule has 0 spiro atoms. The number of anilines is 2. The first-order valence-corrected chi connectivity index (χ1v) is 6.70. The summed E-state index contributed by atoms with van der Waals surface area (Å²) in [7, 11) is 0. The van der Waals surface area contributed by atoms with Gasteiger partial charge in [0.15, 0.2) is 0 Å². The second-order valence-electron chi connectivity index (χ2n) is 4.48. The lowest BCUT2D eigenvalue weighted by Gasteiger charge is -2.22. The average molecular weight is 284 g/mol. The first kappa shape index (κ1) is 11.7. The highest BCUT2D eigenvalue weighted by molar-refractivity contribution is 9.10. The normalized spacial score (nSPS) is 17.3. The van der Waals surface area contributed by atoms with Gasteiger partial charge in [-0.05, 0) is 40.8 Å². The van der Waals surface area contributed by atoms with Gasteiger partial charge in [-0.1, -0.05) is 19.3 Å². The second kappa shape index (κ2) is 5.53. The predicted octanol–water partition coefficient (Wildman–Crippen LogP) is 3.42. The second-order valence-corrected chi connectivity index (χ2v) is 5.39. The van der Waals surface area contributed by atoms with Crippen LogP contribution in [0.25, 0.3) is 0 Å². The number of hydrogen-bond acceptors (Lipinski definition) is 3. The van der Waals surface area contributed by atoms with Gasteiger partial charge in [-0.2, -0.15) is 0 Å². The zero-order chi connectivity index (χ0) is 11.4. The van der Waals surface area contributed by atoms with Crippen LogP contribution in [-0.2, 0) is 0 Å². The Bertz CT molecular complexity index is 348. The molecule has 1 aromatic rings. The third-order valence-electron chi connectivity index (χ3n) is 3.17. The molecular formula is C12H18BrN3. The molecule has 1 aliphatic rings. The summed E-state index contributed by atoms with van der Waals surface area (Å²) in [4.78, 5) is 4.28. The molecule has 0 unspecified atom stereocenters. The Hall–Kier alpha value is -0.770. The predicted molar refractivity (Wildman–Crippen MR) is 71.4 cm³/mol. The lowest BCUT2D eigenvalue weighted by Crippen LogP contribution is -2.18. The molecule has 0 bridgehead atoms. The molecule has 1 fully saturated rings. The Morgan fingerprint density at radius 3 is 2.81 bits per heavy atom. The van der Waals surface area contributed by atoms with Crippen molar-refractivity contribution in [2.24, 2.45) is 5.92 Å². The van der Waals surface area contributed by atoms with Crippen molar-refractivity contribution in [3.8, 4) is 0 Å². The first-order chi connectivity index (χ1) is 7.75. The van der Waals surface area contributed by atoms with Gasteiger partial charge in [0, 0.05) is 17.2 Å². The van der Waals surface area contributed by atoms with Crippen molar-refractivity contribution in [2.45, 2.75) is 32.1 Å². The zero-order valence-corrected chi connectivity index (χ0v) is 11.0. The summed E-state index contributed by atoms with van der Waals surface area (Å²) in [5.41, 5.74) is 6.60. The van der Waals surface area contributed by atoms with Crippen LogP contribution in [0.1, 0.15) is 32.1 Å². The van der Waals surface area contributed by atoms with E-state index in [1.807, 2.05) is 6.07 Å². The smallest absolute Gasteiger partial charge is 0.149 e. The van der Waals surface area contributed by atoms with Crippen molar-refractivity contribution in [3.63, 3.8) is 0 Å². The molecule has 3 nitrogen and oxygen atoms in total. The van der Waals surface area contributed by atoms with Gasteiger partial charge < -0.3 is 11.1 Å². The van der Waals surface area contributed by atoms with E-state index in [0.29, 0.717) is 5.69 Å². The molecule has 16 heavy (non-hydrogen) atoms. The Kier molecular flexibility index (Phi) is 4.04. The van der Waals surface area contributed by atoms with Crippen molar-refractivity contribution < 1.29 is 0 Å². The van der Waals surface area contributed by atoms with E-state index in [9.17, 15) is 0 Å². The highest BCUT2D eigenvalue weighted by Crippen LogP contribution is 2.25. The number of halogens is 1. The van der Waals surface area contributed by atoms with Gasteiger partial charge in [-0.15, -0.1) is 0 Å². The van der Waals surface area contributed by atoms with Crippen molar-refractivity contribution >= 4 is 27.4 Å². The van der Waals surface area contributed by atoms with Crippen LogP contribution in [0.3, 0.4) is 0 Å². The fraction of sp³-hybridized carbons (Fsp3) is 0.583. The average Bonchev–Trinajstić information content (AvgIpc) is 2.29. The van der Waals surface area contributed by atoms with Gasteiger partial charge in [0.05, 0.1) is 5.69 Å². The van der Waals surface area contributed by atoms with E-state index < -0.39 is 0 Å². The van der Waals surface area contributed by atoms with E-state index >= 15 is 0 Å². The van der Waals surface area contributed by atoms with E-state index in [1.165, 1.54) is 32.1 Å². The van der Waals surface area contributed by atoms with Crippen LogP contribution in [0.4, 0.5) is 11.5 Å². The molecule has 0 aliphatic heterocycles. The van der Waals surface area contributed by atoms with Crippen LogP contribution >= 0.6 is 15.9 Å². The lowest BCUT2D eigenvalue weighted by molar-refractivity contribution is 0.373. The standard InChI is InChI=1S/C12H18BrN3/c13-10-6-11(14)12(16-8-10)15-7-9-4-2-1-3-5-9/h6,8-9H,1-5,7,14H2,(H,15,16). The topological polar surface area (TPSA) is 50.9 Å². The number of nitrogens with one attached hydrogen (secondary N) is 1. The molecule has 0 aromatic carbocycles. The molecule has 0 atom stereocenters. The van der Waals surface area contributed by atoms with Crippen LogP contribution in [0.2, 0.25) is 0 Å². The van der Waals surface area contributed by atoms with Gasteiger partial charge >= 0.3 is 0 Å². The van der Waals surface area contributed by atoms with Crippen molar-refractivity contribution in [1.82, 2.24) is 4.98 Å². The van der Waals surface area contributed by atoms with E-state index in [2.05, 4.69) is 26.2 Å². The number of nitrogen functional groups attached to an aromatic ring is 1. The number of nitrogens with two attached hydrogens (primary N) is 1. The Morgan fingerprint density at radius 2 is 2.12 bits per heavy atom. The van der Waals surface area contributed by atoms with Crippen LogP contribution in [0.15, 0.2) is 16.7 Å². The largest absolute Gasteiger partial charge is 0.396 e. The molecule has 0 saturated heterocycles. The van der Waals surface area contributed by atoms with Gasteiger partial charge in [-0.3, -0.25) is 0 Å². The van der Waals surface area contributed by atoms with Gasteiger partial charge in [0.2, 0.25) is 0 Å².